The molecule has 1 heterocycles. The highest BCUT2D eigenvalue weighted by molar-refractivity contribution is 6.14. The molecule has 0 aliphatic heterocycles. The maximum absolute atomic E-state index is 6.16. The minimum atomic E-state index is 0.340. The van der Waals surface area contributed by atoms with Crippen molar-refractivity contribution in [1.82, 2.24) is 9.97 Å². The maximum atomic E-state index is 6.16. The van der Waals surface area contributed by atoms with Crippen LogP contribution in [0.2, 0.25) is 0 Å². The first-order valence-electron chi connectivity index (χ1n) is 5.72. The Morgan fingerprint density at radius 1 is 1.26 bits per heavy atom. The van der Waals surface area contributed by atoms with Crippen LogP contribution in [0.4, 0.5) is 11.6 Å². The molecule has 0 spiro atoms. The lowest BCUT2D eigenvalue weighted by atomic mass is 10.0. The molecule has 0 saturated heterocycles. The summed E-state index contributed by atoms with van der Waals surface area (Å²) in [4.78, 5) is 8.08. The smallest absolute Gasteiger partial charge is 0.218 e. The summed E-state index contributed by atoms with van der Waals surface area (Å²) in [5.41, 5.74) is 7.83. The van der Waals surface area contributed by atoms with Gasteiger partial charge in [-0.05, 0) is 24.3 Å². The lowest BCUT2D eigenvalue weighted by Crippen LogP contribution is -2.42. The van der Waals surface area contributed by atoms with Gasteiger partial charge in [0.25, 0.3) is 0 Å². The molecule has 1 aromatic heterocycles. The summed E-state index contributed by atoms with van der Waals surface area (Å²) in [7, 11) is 3.37. The van der Waals surface area contributed by atoms with Gasteiger partial charge in [0.05, 0.1) is 7.11 Å². The van der Waals surface area contributed by atoms with Crippen molar-refractivity contribution in [3.8, 4) is 5.75 Å². The molecule has 19 heavy (non-hydrogen) atoms. The van der Waals surface area contributed by atoms with Crippen LogP contribution in [0.25, 0.3) is 0 Å². The number of nitrogens with one attached hydrogen (secondary N) is 1. The fraction of sp³-hybridized carbons (Fsp3) is 0.154. The van der Waals surface area contributed by atoms with Crippen molar-refractivity contribution in [3.05, 3.63) is 41.7 Å². The largest absolute Gasteiger partial charge is 0.497 e. The Kier molecular flexibility index (Phi) is 3.61. The van der Waals surface area contributed by atoms with Crippen molar-refractivity contribution < 1.29 is 10.1 Å². The first kappa shape index (κ1) is 12.8. The number of nitrogens with two attached hydrogens (primary N) is 2. The summed E-state index contributed by atoms with van der Waals surface area (Å²) in [6.07, 6.45) is 1.39. The normalized spacial score (nSPS) is 10.0. The van der Waals surface area contributed by atoms with Gasteiger partial charge in [0, 0.05) is 12.6 Å². The molecule has 0 fully saturated rings. The second-order valence-electron chi connectivity index (χ2n) is 3.87. The monoisotopic (exact) mass is 258 g/mol. The number of anilines is 2. The highest BCUT2D eigenvalue weighted by Crippen LogP contribution is 2.20. The van der Waals surface area contributed by atoms with E-state index in [-0.39, 0.29) is 0 Å². The maximum Gasteiger partial charge on any atom is 0.218 e. The van der Waals surface area contributed by atoms with Crippen LogP contribution in [0.5, 0.6) is 5.75 Å². The Hall–Kier alpha value is -2.63. The summed E-state index contributed by atoms with van der Waals surface area (Å²) in [6, 6.07) is 7.39. The van der Waals surface area contributed by atoms with E-state index >= 15 is 0 Å². The number of hydrogen-bond donors (Lipinski definition) is 3. The number of rotatable bonds is 4. The van der Waals surface area contributed by atoms with Gasteiger partial charge in [-0.2, -0.15) is 0 Å². The molecular formula is C13H16N5O+. The molecule has 0 aliphatic carbocycles. The number of aromatic nitrogens is 2. The van der Waals surface area contributed by atoms with E-state index in [9.17, 15) is 0 Å². The van der Waals surface area contributed by atoms with Gasteiger partial charge in [0.15, 0.2) is 0 Å². The van der Waals surface area contributed by atoms with Gasteiger partial charge in [-0.3, -0.25) is 5.41 Å². The Labute approximate surface area is 111 Å². The topological polar surface area (TPSA) is 98.7 Å². The molecule has 6 nitrogen and oxygen atoms in total. The highest BCUT2D eigenvalue weighted by Gasteiger charge is 2.19. The molecule has 0 amide bonds. The van der Waals surface area contributed by atoms with Crippen molar-refractivity contribution in [2.75, 3.05) is 25.2 Å². The Balaban J connectivity index is 2.43. The van der Waals surface area contributed by atoms with Crippen molar-refractivity contribution >= 4 is 17.3 Å². The van der Waals surface area contributed by atoms with Gasteiger partial charge in [-0.15, -0.1) is 0 Å². The van der Waals surface area contributed by atoms with Crippen LogP contribution in [0.15, 0.2) is 30.6 Å². The Bertz CT molecular complexity index is 594. The average molecular weight is 258 g/mol. The predicted molar refractivity (Wildman–Crippen MR) is 74.1 cm³/mol. The van der Waals surface area contributed by atoms with E-state index in [1.165, 1.54) is 6.33 Å². The second-order valence-corrected chi connectivity index (χ2v) is 3.87. The van der Waals surface area contributed by atoms with Gasteiger partial charge in [0.1, 0.15) is 29.3 Å². The number of methoxy groups -OCH3 is 1. The highest BCUT2D eigenvalue weighted by atomic mass is 16.5. The minimum Gasteiger partial charge on any atom is -0.497 e. The molecule has 1 aromatic carbocycles. The average Bonchev–Trinajstić information content (AvgIpc) is 2.46. The van der Waals surface area contributed by atoms with Gasteiger partial charge < -0.3 is 15.8 Å². The molecule has 0 aliphatic rings. The second kappa shape index (κ2) is 5.34. The summed E-state index contributed by atoms with van der Waals surface area (Å²) < 4.78 is 5.11. The predicted octanol–water partition coefficient (Wildman–Crippen LogP) is -0.294. The van der Waals surface area contributed by atoms with Crippen molar-refractivity contribution in [3.63, 3.8) is 0 Å². The summed E-state index contributed by atoms with van der Waals surface area (Å²) in [5, 5.41) is 9.11. The van der Waals surface area contributed by atoms with Crippen LogP contribution >= 0.6 is 0 Å². The molecule has 2 aromatic rings. The lowest BCUT2D eigenvalue weighted by Gasteiger charge is -2.08. The molecule has 0 saturated carbocycles. The van der Waals surface area contributed by atoms with E-state index in [2.05, 4.69) is 15.3 Å². The van der Waals surface area contributed by atoms with Gasteiger partial charge in [-0.25, -0.2) is 9.97 Å². The van der Waals surface area contributed by atoms with E-state index in [1.54, 1.807) is 14.2 Å². The molecule has 0 bridgehead atoms. The number of nitrogen functional groups attached to an aromatic ring is 1. The fourth-order valence-electron chi connectivity index (χ4n) is 1.77. The standard InChI is InChI=1S/C13H15N5O/c1-16-13-10(12(15)17-7-18-13)11(14)8-3-5-9(19-2)6-4-8/h3-7,14H,1-2H3,(H3,15,16,17,18)/p+1. The van der Waals surface area contributed by atoms with Crippen molar-refractivity contribution in [1.29, 1.82) is 0 Å². The molecule has 0 radical (unpaired) electrons. The van der Waals surface area contributed by atoms with Crippen molar-refractivity contribution in [2.24, 2.45) is 0 Å². The van der Waals surface area contributed by atoms with Gasteiger partial charge in [-0.1, -0.05) is 0 Å². The van der Waals surface area contributed by atoms with Crippen LogP contribution in [0.3, 0.4) is 0 Å². The van der Waals surface area contributed by atoms with E-state index in [0.717, 1.165) is 11.3 Å². The number of hydrogen-bond acceptors (Lipinski definition) is 5. The quantitative estimate of drug-likeness (QED) is 0.654. The van der Waals surface area contributed by atoms with Crippen molar-refractivity contribution in [2.45, 2.75) is 0 Å². The van der Waals surface area contributed by atoms with E-state index in [4.69, 9.17) is 15.9 Å². The summed E-state index contributed by atoms with van der Waals surface area (Å²) in [6.45, 7) is 0. The molecule has 5 N–H and O–H groups in total. The van der Waals surface area contributed by atoms with E-state index < -0.39 is 0 Å². The van der Waals surface area contributed by atoms with Gasteiger partial charge in [0.2, 0.25) is 5.71 Å². The molecule has 0 atom stereocenters. The minimum absolute atomic E-state index is 0.340. The summed E-state index contributed by atoms with van der Waals surface area (Å²) >= 11 is 0. The third-order valence-corrected chi connectivity index (χ3v) is 2.78. The number of nitrogens with zero attached hydrogens (tertiary/aromatic N) is 2. The molecular weight excluding hydrogens is 242 g/mol. The Morgan fingerprint density at radius 2 is 1.95 bits per heavy atom. The zero-order valence-corrected chi connectivity index (χ0v) is 10.8. The molecule has 2 rings (SSSR count). The molecule has 0 unspecified atom stereocenters. The zero-order chi connectivity index (χ0) is 13.8. The molecule has 6 heteroatoms. The van der Waals surface area contributed by atoms with Crippen LogP contribution in [-0.4, -0.2) is 29.8 Å². The van der Waals surface area contributed by atoms with Crippen LogP contribution in [0.1, 0.15) is 11.1 Å². The number of ether oxygens (including phenoxy) is 1. The van der Waals surface area contributed by atoms with E-state index in [1.807, 2.05) is 24.3 Å². The lowest BCUT2D eigenvalue weighted by molar-refractivity contribution is -0.111. The van der Waals surface area contributed by atoms with Crippen LogP contribution in [0, 0.1) is 0 Å². The number of benzene rings is 1. The van der Waals surface area contributed by atoms with Crippen LogP contribution in [-0.2, 0) is 0 Å². The molecule has 98 valence electrons. The third kappa shape index (κ3) is 2.47. The van der Waals surface area contributed by atoms with Crippen LogP contribution < -0.4 is 21.2 Å². The zero-order valence-electron chi connectivity index (χ0n) is 10.8. The van der Waals surface area contributed by atoms with E-state index in [0.29, 0.717) is 22.9 Å². The SMILES string of the molecule is CNc1ncnc(N)c1C(=[NH2+])c1ccc(OC)cc1. The third-order valence-electron chi connectivity index (χ3n) is 2.78. The fourth-order valence-corrected chi connectivity index (χ4v) is 1.77. The summed E-state index contributed by atoms with van der Waals surface area (Å²) in [5.74, 6) is 1.70. The van der Waals surface area contributed by atoms with Gasteiger partial charge >= 0.3 is 0 Å². The first-order chi connectivity index (χ1) is 9.17. The Morgan fingerprint density at radius 3 is 2.53 bits per heavy atom. The first-order valence-corrected chi connectivity index (χ1v) is 5.72.